The molecule has 1 aliphatic heterocycles. The van der Waals surface area contributed by atoms with Gasteiger partial charge in [0.25, 0.3) is 11.8 Å². The summed E-state index contributed by atoms with van der Waals surface area (Å²) in [4.78, 5) is 25.3. The van der Waals surface area contributed by atoms with E-state index in [2.05, 4.69) is 11.8 Å². The molecule has 1 aromatic rings. The van der Waals surface area contributed by atoms with Crippen molar-refractivity contribution in [1.82, 2.24) is 4.90 Å². The number of rotatable bonds is 4. The van der Waals surface area contributed by atoms with Crippen LogP contribution in [0.25, 0.3) is 0 Å². The predicted molar refractivity (Wildman–Crippen MR) is 80.5 cm³/mol. The normalized spacial score (nSPS) is 12.2. The Morgan fingerprint density at radius 3 is 2.05 bits per heavy atom. The maximum Gasteiger partial charge on any atom is 0.261 e. The SMILES string of the molecule is CC.CC#CCCCCN1C(=O)c2ccccc2C1=O. The second-order valence-electron chi connectivity index (χ2n) is 4.19. The molecule has 0 radical (unpaired) electrons. The van der Waals surface area contributed by atoms with Gasteiger partial charge in [0.1, 0.15) is 0 Å². The Hall–Kier alpha value is -2.08. The Morgan fingerprint density at radius 2 is 1.55 bits per heavy atom. The smallest absolute Gasteiger partial charge is 0.261 e. The lowest BCUT2D eigenvalue weighted by atomic mass is 10.1. The number of amides is 2. The van der Waals surface area contributed by atoms with E-state index in [0.717, 1.165) is 19.3 Å². The topological polar surface area (TPSA) is 37.4 Å². The van der Waals surface area contributed by atoms with Gasteiger partial charge in [0.05, 0.1) is 11.1 Å². The van der Waals surface area contributed by atoms with E-state index in [1.807, 2.05) is 20.8 Å². The molecule has 1 aliphatic rings. The van der Waals surface area contributed by atoms with Crippen molar-refractivity contribution in [3.05, 3.63) is 35.4 Å². The van der Waals surface area contributed by atoms with Crippen molar-refractivity contribution < 1.29 is 9.59 Å². The average molecular weight is 271 g/mol. The standard InChI is InChI=1S/C15H15NO2.C2H6/c1-2-3-4-5-8-11-16-14(17)12-9-6-7-10-13(12)15(16)18;1-2/h6-7,9-10H,4-5,8,11H2,1H3;1-2H3. The molecule has 2 amide bonds. The van der Waals surface area contributed by atoms with Gasteiger partial charge in [-0.2, -0.15) is 0 Å². The molecule has 0 atom stereocenters. The van der Waals surface area contributed by atoms with Crippen LogP contribution in [0.2, 0.25) is 0 Å². The minimum absolute atomic E-state index is 0.169. The molecule has 3 heteroatoms. The molecule has 0 saturated heterocycles. The molecule has 106 valence electrons. The Bertz CT molecular complexity index is 502. The third-order valence-corrected chi connectivity index (χ3v) is 2.99. The number of carbonyl (C=O) groups is 2. The van der Waals surface area contributed by atoms with Crippen molar-refractivity contribution in [2.45, 2.75) is 40.0 Å². The maximum atomic E-state index is 12.0. The first kappa shape index (κ1) is 16.0. The second-order valence-corrected chi connectivity index (χ2v) is 4.19. The van der Waals surface area contributed by atoms with Gasteiger partial charge in [-0.3, -0.25) is 14.5 Å². The first-order valence-corrected chi connectivity index (χ1v) is 7.10. The number of fused-ring (bicyclic) bond motifs is 1. The lowest BCUT2D eigenvalue weighted by Gasteiger charge is -2.12. The number of nitrogens with zero attached hydrogens (tertiary/aromatic N) is 1. The van der Waals surface area contributed by atoms with Crippen LogP contribution in [0.3, 0.4) is 0 Å². The summed E-state index contributed by atoms with van der Waals surface area (Å²) in [7, 11) is 0. The lowest BCUT2D eigenvalue weighted by Crippen LogP contribution is -2.30. The second kappa shape index (κ2) is 8.16. The highest BCUT2D eigenvalue weighted by molar-refractivity contribution is 6.21. The number of benzene rings is 1. The van der Waals surface area contributed by atoms with Gasteiger partial charge >= 0.3 is 0 Å². The molecule has 3 nitrogen and oxygen atoms in total. The van der Waals surface area contributed by atoms with E-state index in [1.165, 1.54) is 4.90 Å². The summed E-state index contributed by atoms with van der Waals surface area (Å²) in [6.07, 6.45) is 2.54. The van der Waals surface area contributed by atoms with E-state index in [1.54, 1.807) is 24.3 Å². The van der Waals surface area contributed by atoms with E-state index in [-0.39, 0.29) is 11.8 Å². The molecule has 1 aromatic carbocycles. The van der Waals surface area contributed by atoms with Crippen LogP contribution in [-0.2, 0) is 0 Å². The summed E-state index contributed by atoms with van der Waals surface area (Å²) in [5.74, 6) is 5.47. The summed E-state index contributed by atoms with van der Waals surface area (Å²) >= 11 is 0. The van der Waals surface area contributed by atoms with E-state index < -0.39 is 0 Å². The fourth-order valence-electron chi connectivity index (χ4n) is 2.05. The molecule has 0 unspecified atom stereocenters. The Labute approximate surface area is 121 Å². The lowest BCUT2D eigenvalue weighted by molar-refractivity contribution is 0.0652. The molecule has 0 N–H and O–H groups in total. The van der Waals surface area contributed by atoms with Gasteiger partial charge in [0, 0.05) is 13.0 Å². The molecular weight excluding hydrogens is 250 g/mol. The van der Waals surface area contributed by atoms with Crippen molar-refractivity contribution in [3.63, 3.8) is 0 Å². The molecule has 0 aliphatic carbocycles. The number of hydrogen-bond donors (Lipinski definition) is 0. The quantitative estimate of drug-likeness (QED) is 0.477. The van der Waals surface area contributed by atoms with Crippen molar-refractivity contribution in [2.24, 2.45) is 0 Å². The highest BCUT2D eigenvalue weighted by Gasteiger charge is 2.34. The molecule has 0 saturated carbocycles. The van der Waals surface area contributed by atoms with Gasteiger partial charge < -0.3 is 0 Å². The minimum atomic E-state index is -0.169. The van der Waals surface area contributed by atoms with Gasteiger partial charge in [-0.25, -0.2) is 0 Å². The van der Waals surface area contributed by atoms with Crippen LogP contribution in [0.1, 0.15) is 60.7 Å². The summed E-state index contributed by atoms with van der Waals surface area (Å²) < 4.78 is 0. The van der Waals surface area contributed by atoms with E-state index in [9.17, 15) is 9.59 Å². The summed E-state index contributed by atoms with van der Waals surface area (Å²) in [6.45, 7) is 6.29. The Kier molecular flexibility index (Phi) is 6.52. The minimum Gasteiger partial charge on any atom is -0.274 e. The first-order chi connectivity index (χ1) is 9.75. The zero-order chi connectivity index (χ0) is 15.0. The maximum absolute atomic E-state index is 12.0. The van der Waals surface area contributed by atoms with Crippen LogP contribution in [0, 0.1) is 11.8 Å². The van der Waals surface area contributed by atoms with Crippen LogP contribution in [0.5, 0.6) is 0 Å². The number of hydrogen-bond acceptors (Lipinski definition) is 2. The molecule has 2 rings (SSSR count). The predicted octanol–water partition coefficient (Wildman–Crippen LogP) is 3.50. The van der Waals surface area contributed by atoms with Gasteiger partial charge in [0.15, 0.2) is 0 Å². The molecule has 0 bridgehead atoms. The Morgan fingerprint density at radius 1 is 1.00 bits per heavy atom. The fraction of sp³-hybridized carbons (Fsp3) is 0.412. The van der Waals surface area contributed by atoms with Crippen LogP contribution in [0.4, 0.5) is 0 Å². The van der Waals surface area contributed by atoms with Crippen molar-refractivity contribution in [3.8, 4) is 11.8 Å². The highest BCUT2D eigenvalue weighted by Crippen LogP contribution is 2.22. The highest BCUT2D eigenvalue weighted by atomic mass is 16.2. The number of unbranched alkanes of at least 4 members (excludes halogenated alkanes) is 2. The summed E-state index contributed by atoms with van der Waals surface area (Å²) in [5.41, 5.74) is 1.05. The number of carbonyl (C=O) groups excluding carboxylic acids is 2. The van der Waals surface area contributed by atoms with Gasteiger partial charge in [-0.15, -0.1) is 11.8 Å². The molecule has 20 heavy (non-hydrogen) atoms. The molecule has 0 fully saturated rings. The van der Waals surface area contributed by atoms with E-state index >= 15 is 0 Å². The third-order valence-electron chi connectivity index (χ3n) is 2.99. The van der Waals surface area contributed by atoms with Crippen molar-refractivity contribution in [1.29, 1.82) is 0 Å². The summed E-state index contributed by atoms with van der Waals surface area (Å²) in [6, 6.07) is 6.98. The first-order valence-electron chi connectivity index (χ1n) is 7.10. The van der Waals surface area contributed by atoms with Crippen LogP contribution >= 0.6 is 0 Å². The van der Waals surface area contributed by atoms with Crippen LogP contribution in [-0.4, -0.2) is 23.3 Å². The molecule has 0 spiro atoms. The zero-order valence-corrected chi connectivity index (χ0v) is 12.4. The fourth-order valence-corrected chi connectivity index (χ4v) is 2.05. The molecule has 1 heterocycles. The molecular formula is C17H21NO2. The average Bonchev–Trinajstić information content (AvgIpc) is 2.74. The largest absolute Gasteiger partial charge is 0.274 e. The molecule has 0 aromatic heterocycles. The Balaban J connectivity index is 0.000000956. The van der Waals surface area contributed by atoms with Crippen molar-refractivity contribution in [2.75, 3.05) is 6.54 Å². The van der Waals surface area contributed by atoms with Gasteiger partial charge in [-0.05, 0) is 31.9 Å². The monoisotopic (exact) mass is 271 g/mol. The van der Waals surface area contributed by atoms with E-state index in [0.29, 0.717) is 17.7 Å². The van der Waals surface area contributed by atoms with Crippen molar-refractivity contribution >= 4 is 11.8 Å². The van der Waals surface area contributed by atoms with Crippen LogP contribution < -0.4 is 0 Å². The van der Waals surface area contributed by atoms with Gasteiger partial charge in [-0.1, -0.05) is 26.0 Å². The van der Waals surface area contributed by atoms with Gasteiger partial charge in [0.2, 0.25) is 0 Å². The number of imide groups is 1. The van der Waals surface area contributed by atoms with E-state index in [4.69, 9.17) is 0 Å². The summed E-state index contributed by atoms with van der Waals surface area (Å²) in [5, 5.41) is 0. The zero-order valence-electron chi connectivity index (χ0n) is 12.4. The third kappa shape index (κ3) is 3.48. The van der Waals surface area contributed by atoms with Crippen LogP contribution in [0.15, 0.2) is 24.3 Å².